The molecule has 134 valence electrons. The number of aromatic nitrogens is 3. The Balaban J connectivity index is 1.55. The number of nitrogens with zero attached hydrogens (tertiary/aromatic N) is 3. The summed E-state index contributed by atoms with van der Waals surface area (Å²) < 4.78 is 7.05. The van der Waals surface area contributed by atoms with Crippen molar-refractivity contribution in [1.29, 1.82) is 0 Å². The monoisotopic (exact) mass is 343 g/mol. The third kappa shape index (κ3) is 4.17. The summed E-state index contributed by atoms with van der Waals surface area (Å²) in [7, 11) is 1.65. The average Bonchev–Trinajstić information content (AvgIpc) is 3.04. The lowest BCUT2D eigenvalue weighted by atomic mass is 10.1. The van der Waals surface area contributed by atoms with Gasteiger partial charge in [-0.1, -0.05) is 17.3 Å². The highest BCUT2D eigenvalue weighted by molar-refractivity contribution is 5.93. The molecule has 0 bridgehead atoms. The minimum absolute atomic E-state index is 0.161. The summed E-state index contributed by atoms with van der Waals surface area (Å²) in [6, 6.07) is 8.18. The van der Waals surface area contributed by atoms with E-state index in [1.807, 2.05) is 35.9 Å². The van der Waals surface area contributed by atoms with Crippen molar-refractivity contribution in [3.05, 3.63) is 41.2 Å². The fourth-order valence-electron chi connectivity index (χ4n) is 3.15. The molecule has 2 N–H and O–H groups in total. The van der Waals surface area contributed by atoms with Gasteiger partial charge < -0.3 is 15.4 Å². The molecule has 1 aliphatic rings. The zero-order chi connectivity index (χ0) is 17.6. The van der Waals surface area contributed by atoms with Crippen molar-refractivity contribution >= 4 is 5.91 Å². The molecular formula is C18H25N5O2. The first-order valence-electron chi connectivity index (χ1n) is 8.72. The van der Waals surface area contributed by atoms with Crippen LogP contribution in [0.25, 0.3) is 0 Å². The van der Waals surface area contributed by atoms with Crippen LogP contribution >= 0.6 is 0 Å². The molecule has 25 heavy (non-hydrogen) atoms. The number of piperidine rings is 1. The van der Waals surface area contributed by atoms with Crippen molar-refractivity contribution in [2.24, 2.45) is 0 Å². The highest BCUT2D eigenvalue weighted by Crippen LogP contribution is 2.20. The van der Waals surface area contributed by atoms with E-state index in [2.05, 4.69) is 20.9 Å². The molecule has 1 saturated heterocycles. The largest absolute Gasteiger partial charge is 0.497 e. The lowest BCUT2D eigenvalue weighted by Gasteiger charge is -2.23. The molecule has 2 heterocycles. The zero-order valence-electron chi connectivity index (χ0n) is 14.8. The fraction of sp³-hybridized carbons (Fsp3) is 0.500. The van der Waals surface area contributed by atoms with Crippen molar-refractivity contribution in [2.75, 3.05) is 26.7 Å². The molecule has 2 aromatic rings. The quantitative estimate of drug-likeness (QED) is 0.831. The van der Waals surface area contributed by atoms with Crippen LogP contribution in [0.2, 0.25) is 0 Å². The van der Waals surface area contributed by atoms with Crippen molar-refractivity contribution in [3.63, 3.8) is 0 Å². The first-order chi connectivity index (χ1) is 12.2. The molecule has 3 rings (SSSR count). The molecule has 1 aromatic carbocycles. The number of carbonyl (C=O) groups is 1. The molecule has 1 amide bonds. The Morgan fingerprint density at radius 1 is 1.32 bits per heavy atom. The Hall–Kier alpha value is -2.41. The van der Waals surface area contributed by atoms with E-state index in [4.69, 9.17) is 4.74 Å². The van der Waals surface area contributed by atoms with E-state index in [0.717, 1.165) is 49.4 Å². The van der Waals surface area contributed by atoms with Crippen LogP contribution in [0.3, 0.4) is 0 Å². The van der Waals surface area contributed by atoms with Gasteiger partial charge in [0.1, 0.15) is 5.75 Å². The Kier molecular flexibility index (Phi) is 5.65. The highest BCUT2D eigenvalue weighted by Gasteiger charge is 2.22. The number of hydrogen-bond acceptors (Lipinski definition) is 5. The van der Waals surface area contributed by atoms with Crippen molar-refractivity contribution in [3.8, 4) is 5.75 Å². The van der Waals surface area contributed by atoms with E-state index < -0.39 is 0 Å². The molecule has 0 aliphatic carbocycles. The second-order valence-electron chi connectivity index (χ2n) is 6.30. The lowest BCUT2D eigenvalue weighted by Crippen LogP contribution is -2.30. The molecule has 1 aromatic heterocycles. The summed E-state index contributed by atoms with van der Waals surface area (Å²) >= 11 is 0. The van der Waals surface area contributed by atoms with Crippen LogP contribution in [-0.4, -0.2) is 47.6 Å². The number of ether oxygens (including phenoxy) is 1. The minimum Gasteiger partial charge on any atom is -0.497 e. The van der Waals surface area contributed by atoms with E-state index in [1.165, 1.54) is 0 Å². The van der Waals surface area contributed by atoms with Crippen LogP contribution in [0.5, 0.6) is 5.75 Å². The second-order valence-corrected chi connectivity index (χ2v) is 6.30. The van der Waals surface area contributed by atoms with Gasteiger partial charge >= 0.3 is 0 Å². The molecule has 0 atom stereocenters. The van der Waals surface area contributed by atoms with Crippen LogP contribution in [0.4, 0.5) is 0 Å². The van der Waals surface area contributed by atoms with Gasteiger partial charge in [-0.15, -0.1) is 5.10 Å². The van der Waals surface area contributed by atoms with Crippen molar-refractivity contribution in [2.45, 2.75) is 32.2 Å². The second kappa shape index (κ2) is 8.11. The molecule has 0 unspecified atom stereocenters. The third-order valence-electron chi connectivity index (χ3n) is 4.66. The number of carbonyl (C=O) groups excluding carboxylic acids is 1. The van der Waals surface area contributed by atoms with Crippen LogP contribution in [0.15, 0.2) is 24.3 Å². The summed E-state index contributed by atoms with van der Waals surface area (Å²) in [5.41, 5.74) is 2.42. The first kappa shape index (κ1) is 17.4. The number of rotatable bonds is 6. The predicted octanol–water partition coefficient (Wildman–Crippen LogP) is 1.49. The van der Waals surface area contributed by atoms with Gasteiger partial charge in [0, 0.05) is 6.54 Å². The van der Waals surface area contributed by atoms with Gasteiger partial charge in [-0.25, -0.2) is 4.68 Å². The maximum atomic E-state index is 12.4. The summed E-state index contributed by atoms with van der Waals surface area (Å²) in [4.78, 5) is 12.4. The van der Waals surface area contributed by atoms with E-state index in [-0.39, 0.29) is 5.91 Å². The molecule has 0 spiro atoms. The first-order valence-corrected chi connectivity index (χ1v) is 8.72. The number of benzene rings is 1. The normalized spacial score (nSPS) is 15.1. The molecule has 7 nitrogen and oxygen atoms in total. The Morgan fingerprint density at radius 3 is 2.72 bits per heavy atom. The Labute approximate surface area is 147 Å². The third-order valence-corrected chi connectivity index (χ3v) is 4.66. The molecule has 0 saturated carbocycles. The van der Waals surface area contributed by atoms with E-state index >= 15 is 0 Å². The molecule has 0 radical (unpaired) electrons. The molecule has 1 aliphatic heterocycles. The smallest absolute Gasteiger partial charge is 0.273 e. The summed E-state index contributed by atoms with van der Waals surface area (Å²) in [5, 5.41) is 14.6. The number of nitrogens with one attached hydrogen (secondary N) is 2. The molecule has 1 fully saturated rings. The van der Waals surface area contributed by atoms with Gasteiger partial charge in [0.2, 0.25) is 0 Å². The Bertz CT molecular complexity index is 705. The van der Waals surface area contributed by atoms with Gasteiger partial charge in [-0.3, -0.25) is 4.79 Å². The topological polar surface area (TPSA) is 81.1 Å². The van der Waals surface area contributed by atoms with Gasteiger partial charge in [0.15, 0.2) is 5.69 Å². The molecule has 7 heteroatoms. The van der Waals surface area contributed by atoms with Gasteiger partial charge in [-0.05, 0) is 57.0 Å². The summed E-state index contributed by atoms with van der Waals surface area (Å²) in [5.74, 6) is 0.670. The number of methoxy groups -OCH3 is 1. The number of amides is 1. The minimum atomic E-state index is -0.161. The van der Waals surface area contributed by atoms with Crippen LogP contribution in [0, 0.1) is 6.92 Å². The fourth-order valence-corrected chi connectivity index (χ4v) is 3.15. The predicted molar refractivity (Wildman–Crippen MR) is 94.9 cm³/mol. The Morgan fingerprint density at radius 2 is 2.04 bits per heavy atom. The summed E-state index contributed by atoms with van der Waals surface area (Å²) in [6.07, 6.45) is 2.79. The standard InChI is InChI=1S/C18H25N5O2/c1-13-17(21-22-23(13)15-8-10-19-11-9-15)18(24)20-12-7-14-3-5-16(25-2)6-4-14/h3-6,15,19H,7-12H2,1-2H3,(H,20,24). The van der Waals surface area contributed by atoms with E-state index in [0.29, 0.717) is 18.3 Å². The van der Waals surface area contributed by atoms with Crippen molar-refractivity contribution < 1.29 is 9.53 Å². The van der Waals surface area contributed by atoms with Crippen LogP contribution in [0.1, 0.15) is 40.6 Å². The van der Waals surface area contributed by atoms with E-state index in [1.54, 1.807) is 7.11 Å². The van der Waals surface area contributed by atoms with E-state index in [9.17, 15) is 4.79 Å². The SMILES string of the molecule is COc1ccc(CCNC(=O)c2nnn(C3CCNCC3)c2C)cc1. The van der Waals surface area contributed by atoms with Gasteiger partial charge in [0.25, 0.3) is 5.91 Å². The average molecular weight is 343 g/mol. The van der Waals surface area contributed by atoms with Gasteiger partial charge in [-0.2, -0.15) is 0 Å². The lowest BCUT2D eigenvalue weighted by molar-refractivity contribution is 0.0948. The van der Waals surface area contributed by atoms with Gasteiger partial charge in [0.05, 0.1) is 18.8 Å². The summed E-state index contributed by atoms with van der Waals surface area (Å²) in [6.45, 7) is 4.44. The zero-order valence-corrected chi connectivity index (χ0v) is 14.8. The van der Waals surface area contributed by atoms with Crippen molar-refractivity contribution in [1.82, 2.24) is 25.6 Å². The maximum absolute atomic E-state index is 12.4. The van der Waals surface area contributed by atoms with Crippen LogP contribution in [-0.2, 0) is 6.42 Å². The van der Waals surface area contributed by atoms with Crippen LogP contribution < -0.4 is 15.4 Å². The number of hydrogen-bond donors (Lipinski definition) is 2. The highest BCUT2D eigenvalue weighted by atomic mass is 16.5. The maximum Gasteiger partial charge on any atom is 0.273 e. The molecular weight excluding hydrogens is 318 g/mol.